The van der Waals surface area contributed by atoms with Gasteiger partial charge in [0.1, 0.15) is 28.8 Å². The maximum absolute atomic E-state index is 13.8. The van der Waals surface area contributed by atoms with Crippen molar-refractivity contribution in [2.24, 2.45) is 0 Å². The van der Waals surface area contributed by atoms with Gasteiger partial charge in [0.05, 0.1) is 12.2 Å². The normalized spacial score (nSPS) is 15.6. The number of nitrogens with one attached hydrogen (secondary N) is 1. The van der Waals surface area contributed by atoms with E-state index in [2.05, 4.69) is 10.4 Å². The summed E-state index contributed by atoms with van der Waals surface area (Å²) in [5, 5.41) is 16.4. The second-order valence-electron chi connectivity index (χ2n) is 5.69. The highest BCUT2D eigenvalue weighted by atomic mass is 19.1. The molecule has 1 amide bonds. The topological polar surface area (TPSA) is 67.2 Å². The first kappa shape index (κ1) is 15.5. The molecule has 122 valence electrons. The zero-order valence-electron chi connectivity index (χ0n) is 12.4. The van der Waals surface area contributed by atoms with E-state index in [0.29, 0.717) is 18.0 Å². The number of aromatic nitrogens is 2. The summed E-state index contributed by atoms with van der Waals surface area (Å²) in [6.45, 7) is 0. The number of anilines is 1. The van der Waals surface area contributed by atoms with Gasteiger partial charge in [0.15, 0.2) is 0 Å². The number of rotatable bonds is 3. The molecule has 1 aliphatic rings. The van der Waals surface area contributed by atoms with Crippen molar-refractivity contribution >= 4 is 11.7 Å². The van der Waals surface area contributed by atoms with E-state index in [1.807, 2.05) is 0 Å². The summed E-state index contributed by atoms with van der Waals surface area (Å²) in [6, 6.07) is 3.08. The Hall–Kier alpha value is -2.44. The van der Waals surface area contributed by atoms with Gasteiger partial charge in [-0.05, 0) is 12.8 Å². The molecule has 7 heteroatoms. The Labute approximate surface area is 131 Å². The Morgan fingerprint density at radius 2 is 2.00 bits per heavy atom. The Kier molecular flexibility index (Phi) is 4.27. The first-order valence-electron chi connectivity index (χ1n) is 7.59. The lowest BCUT2D eigenvalue weighted by Gasteiger charge is -2.24. The molecular weight excluding hydrogens is 304 g/mol. The van der Waals surface area contributed by atoms with E-state index in [4.69, 9.17) is 0 Å². The number of halogens is 2. The molecule has 0 atom stereocenters. The van der Waals surface area contributed by atoms with E-state index in [1.165, 1.54) is 6.42 Å². The summed E-state index contributed by atoms with van der Waals surface area (Å²) < 4.78 is 28.5. The van der Waals surface area contributed by atoms with Crippen LogP contribution in [-0.4, -0.2) is 20.8 Å². The van der Waals surface area contributed by atoms with Gasteiger partial charge in [-0.2, -0.15) is 5.10 Å². The second kappa shape index (κ2) is 6.36. The average Bonchev–Trinajstić information content (AvgIpc) is 2.95. The zero-order chi connectivity index (χ0) is 16.4. The molecule has 2 N–H and O–H groups in total. The Morgan fingerprint density at radius 1 is 1.26 bits per heavy atom. The first-order valence-corrected chi connectivity index (χ1v) is 7.59. The molecule has 1 heterocycles. The summed E-state index contributed by atoms with van der Waals surface area (Å²) in [4.78, 5) is 12.2. The molecule has 5 nitrogen and oxygen atoms in total. The third kappa shape index (κ3) is 3.18. The first-order chi connectivity index (χ1) is 11.1. The number of amides is 1. The van der Waals surface area contributed by atoms with Crippen LogP contribution in [-0.2, 0) is 0 Å². The average molecular weight is 321 g/mol. The largest absolute Gasteiger partial charge is 0.507 e. The number of carbonyl (C=O) groups is 1. The van der Waals surface area contributed by atoms with E-state index < -0.39 is 28.9 Å². The Balaban J connectivity index is 1.83. The molecule has 0 unspecified atom stereocenters. The highest BCUT2D eigenvalue weighted by Crippen LogP contribution is 2.30. The molecule has 0 saturated heterocycles. The molecule has 1 saturated carbocycles. The Morgan fingerprint density at radius 3 is 2.70 bits per heavy atom. The fraction of sp³-hybridized carbons (Fsp3) is 0.375. The molecule has 0 bridgehead atoms. The van der Waals surface area contributed by atoms with Crippen LogP contribution in [0.1, 0.15) is 48.5 Å². The fourth-order valence-electron chi connectivity index (χ4n) is 2.99. The summed E-state index contributed by atoms with van der Waals surface area (Å²) >= 11 is 0. The van der Waals surface area contributed by atoms with Crippen molar-refractivity contribution in [1.82, 2.24) is 9.78 Å². The van der Waals surface area contributed by atoms with Crippen molar-refractivity contribution in [3.05, 3.63) is 41.6 Å². The molecule has 1 fully saturated rings. The van der Waals surface area contributed by atoms with Crippen molar-refractivity contribution in [3.8, 4) is 5.75 Å². The van der Waals surface area contributed by atoms with Crippen LogP contribution in [0.2, 0.25) is 0 Å². The third-order valence-corrected chi connectivity index (χ3v) is 4.09. The Bertz CT molecular complexity index is 701. The van der Waals surface area contributed by atoms with Crippen LogP contribution in [0.15, 0.2) is 24.4 Å². The number of aromatic hydroxyl groups is 1. The lowest BCUT2D eigenvalue weighted by Crippen LogP contribution is -2.21. The molecule has 1 aromatic heterocycles. The highest BCUT2D eigenvalue weighted by molar-refractivity contribution is 6.05. The maximum atomic E-state index is 13.8. The van der Waals surface area contributed by atoms with E-state index in [0.717, 1.165) is 25.7 Å². The SMILES string of the molecule is O=C(Nc1ccnn1C1CCCCC1)c1c(O)cc(F)cc1F. The number of benzene rings is 1. The summed E-state index contributed by atoms with van der Waals surface area (Å²) in [5.41, 5.74) is -0.581. The molecule has 1 aliphatic carbocycles. The van der Waals surface area contributed by atoms with Gasteiger partial charge >= 0.3 is 0 Å². The molecule has 23 heavy (non-hydrogen) atoms. The van der Waals surface area contributed by atoms with Crippen molar-refractivity contribution < 1.29 is 18.7 Å². The predicted molar refractivity (Wildman–Crippen MR) is 80.3 cm³/mol. The van der Waals surface area contributed by atoms with Crippen molar-refractivity contribution in [1.29, 1.82) is 0 Å². The van der Waals surface area contributed by atoms with E-state index >= 15 is 0 Å². The number of nitrogens with zero attached hydrogens (tertiary/aromatic N) is 2. The second-order valence-corrected chi connectivity index (χ2v) is 5.69. The van der Waals surface area contributed by atoms with Crippen LogP contribution >= 0.6 is 0 Å². The van der Waals surface area contributed by atoms with Gasteiger partial charge in [0.2, 0.25) is 0 Å². The van der Waals surface area contributed by atoms with Crippen LogP contribution in [0.25, 0.3) is 0 Å². The van der Waals surface area contributed by atoms with E-state index in [-0.39, 0.29) is 6.04 Å². The summed E-state index contributed by atoms with van der Waals surface area (Å²) in [5.74, 6) is -3.18. The van der Waals surface area contributed by atoms with Crippen molar-refractivity contribution in [2.75, 3.05) is 5.32 Å². The highest BCUT2D eigenvalue weighted by Gasteiger charge is 2.22. The minimum Gasteiger partial charge on any atom is -0.507 e. The molecular formula is C16H17F2N3O2. The standard InChI is InChI=1S/C16H17F2N3O2/c17-10-8-12(18)15(13(22)9-10)16(23)20-14-6-7-19-21(14)11-4-2-1-3-5-11/h6-9,11,22H,1-5H2,(H,20,23). The fourth-order valence-corrected chi connectivity index (χ4v) is 2.99. The summed E-state index contributed by atoms with van der Waals surface area (Å²) in [7, 11) is 0. The van der Waals surface area contributed by atoms with Gasteiger partial charge in [-0.1, -0.05) is 19.3 Å². The predicted octanol–water partition coefficient (Wildman–Crippen LogP) is 3.62. The van der Waals surface area contributed by atoms with Gasteiger partial charge in [-0.25, -0.2) is 13.5 Å². The quantitative estimate of drug-likeness (QED) is 0.907. The van der Waals surface area contributed by atoms with Crippen molar-refractivity contribution in [2.45, 2.75) is 38.1 Å². The summed E-state index contributed by atoms with van der Waals surface area (Å²) in [6.07, 6.45) is 6.90. The minimum absolute atomic E-state index is 0.195. The van der Waals surface area contributed by atoms with E-state index in [9.17, 15) is 18.7 Å². The number of phenolic OH excluding ortho intramolecular Hbond substituents is 1. The number of carbonyl (C=O) groups excluding carboxylic acids is 1. The van der Waals surface area contributed by atoms with Crippen LogP contribution < -0.4 is 5.32 Å². The van der Waals surface area contributed by atoms with Gasteiger partial charge in [0, 0.05) is 18.2 Å². The van der Waals surface area contributed by atoms with Crippen molar-refractivity contribution in [3.63, 3.8) is 0 Å². The number of hydrogen-bond acceptors (Lipinski definition) is 3. The van der Waals surface area contributed by atoms with E-state index in [1.54, 1.807) is 16.9 Å². The van der Waals surface area contributed by atoms with Crippen LogP contribution in [0, 0.1) is 11.6 Å². The molecule has 0 aliphatic heterocycles. The molecule has 0 spiro atoms. The molecule has 1 aromatic carbocycles. The van der Waals surface area contributed by atoms with Crippen LogP contribution in [0.5, 0.6) is 5.75 Å². The third-order valence-electron chi connectivity index (χ3n) is 4.09. The minimum atomic E-state index is -1.11. The zero-order valence-corrected chi connectivity index (χ0v) is 12.4. The maximum Gasteiger partial charge on any atom is 0.263 e. The molecule has 3 rings (SSSR count). The monoisotopic (exact) mass is 321 g/mol. The molecule has 2 aromatic rings. The van der Waals surface area contributed by atoms with Gasteiger partial charge in [0.25, 0.3) is 5.91 Å². The smallest absolute Gasteiger partial charge is 0.263 e. The molecule has 0 radical (unpaired) electrons. The van der Waals surface area contributed by atoms with Crippen LogP contribution in [0.4, 0.5) is 14.6 Å². The number of hydrogen-bond donors (Lipinski definition) is 2. The van der Waals surface area contributed by atoms with Crippen LogP contribution in [0.3, 0.4) is 0 Å². The van der Waals surface area contributed by atoms with Gasteiger partial charge in [-0.3, -0.25) is 4.79 Å². The lowest BCUT2D eigenvalue weighted by molar-refractivity contribution is 0.101. The number of phenols is 1. The van der Waals surface area contributed by atoms with Gasteiger partial charge in [-0.15, -0.1) is 0 Å². The van der Waals surface area contributed by atoms with Gasteiger partial charge < -0.3 is 10.4 Å². The lowest BCUT2D eigenvalue weighted by atomic mass is 9.96.